The minimum absolute atomic E-state index is 0.106. The molecular weight excluding hydrogens is 306 g/mol. The third-order valence-electron chi connectivity index (χ3n) is 2.96. The summed E-state index contributed by atoms with van der Waals surface area (Å²) in [6, 6.07) is 6.76. The van der Waals surface area contributed by atoms with Gasteiger partial charge in [-0.15, -0.1) is 0 Å². The van der Waals surface area contributed by atoms with Gasteiger partial charge in [0.2, 0.25) is 0 Å². The third-order valence-corrected chi connectivity index (χ3v) is 3.20. The summed E-state index contributed by atoms with van der Waals surface area (Å²) in [5, 5.41) is 13.7. The van der Waals surface area contributed by atoms with Crippen molar-refractivity contribution in [3.05, 3.63) is 35.0 Å². The predicted molar refractivity (Wildman–Crippen MR) is 85.2 cm³/mol. The largest absolute Gasteiger partial charge is 0.451 e. The molecule has 5 nitrogen and oxygen atoms in total. The number of hydrogen-bond acceptors (Lipinski definition) is 4. The van der Waals surface area contributed by atoms with E-state index >= 15 is 0 Å². The highest BCUT2D eigenvalue weighted by Gasteiger charge is 2.14. The van der Waals surface area contributed by atoms with Crippen molar-refractivity contribution >= 4 is 28.5 Å². The smallest absolute Gasteiger partial charge is 0.287 e. The molecule has 1 aromatic heterocycles. The lowest BCUT2D eigenvalue weighted by Crippen LogP contribution is -2.34. The monoisotopic (exact) mass is 325 g/mol. The first kappa shape index (κ1) is 16.8. The van der Waals surface area contributed by atoms with Gasteiger partial charge in [0.05, 0.1) is 12.7 Å². The van der Waals surface area contributed by atoms with E-state index in [-0.39, 0.29) is 24.8 Å². The fourth-order valence-corrected chi connectivity index (χ4v) is 2.10. The standard InChI is InChI=1S/C16H20ClNO4/c1-10(2)8-21-9-13(19)7-18-16(20)15-6-11-5-12(17)3-4-14(11)22-15/h3-6,10,13,19H,7-9H2,1-2H3,(H,18,20). The lowest BCUT2D eigenvalue weighted by Gasteiger charge is -2.12. The minimum Gasteiger partial charge on any atom is -0.451 e. The molecule has 2 aromatic rings. The Bertz CT molecular complexity index is 638. The van der Waals surface area contributed by atoms with Crippen LogP contribution in [0.4, 0.5) is 0 Å². The van der Waals surface area contributed by atoms with Gasteiger partial charge in [-0.25, -0.2) is 0 Å². The van der Waals surface area contributed by atoms with E-state index in [1.807, 2.05) is 13.8 Å². The van der Waals surface area contributed by atoms with E-state index < -0.39 is 6.10 Å². The minimum atomic E-state index is -0.749. The van der Waals surface area contributed by atoms with Gasteiger partial charge >= 0.3 is 0 Å². The molecule has 0 radical (unpaired) electrons. The fourth-order valence-electron chi connectivity index (χ4n) is 1.92. The number of furan rings is 1. The molecule has 0 aliphatic carbocycles. The maximum absolute atomic E-state index is 12.0. The summed E-state index contributed by atoms with van der Waals surface area (Å²) >= 11 is 5.89. The van der Waals surface area contributed by atoms with Crippen molar-refractivity contribution in [2.45, 2.75) is 20.0 Å². The van der Waals surface area contributed by atoms with Crippen molar-refractivity contribution in [2.24, 2.45) is 5.92 Å². The van der Waals surface area contributed by atoms with Gasteiger partial charge < -0.3 is 19.6 Å². The number of rotatable bonds is 7. The summed E-state index contributed by atoms with van der Waals surface area (Å²) in [6.07, 6.45) is -0.749. The molecule has 6 heteroatoms. The van der Waals surface area contributed by atoms with Gasteiger partial charge in [-0.1, -0.05) is 25.4 Å². The summed E-state index contributed by atoms with van der Waals surface area (Å²) in [4.78, 5) is 12.0. The number of hydrogen-bond donors (Lipinski definition) is 2. The van der Waals surface area contributed by atoms with Crippen molar-refractivity contribution in [3.8, 4) is 0 Å². The normalized spacial score (nSPS) is 12.8. The van der Waals surface area contributed by atoms with Crippen LogP contribution in [0, 0.1) is 5.92 Å². The first-order valence-corrected chi connectivity index (χ1v) is 7.56. The molecule has 1 heterocycles. The summed E-state index contributed by atoms with van der Waals surface area (Å²) < 4.78 is 10.8. The molecule has 1 amide bonds. The highest BCUT2D eigenvalue weighted by molar-refractivity contribution is 6.31. The zero-order valence-corrected chi connectivity index (χ0v) is 13.4. The Hall–Kier alpha value is -1.56. The summed E-state index contributed by atoms with van der Waals surface area (Å²) in [6.45, 7) is 4.93. The summed E-state index contributed by atoms with van der Waals surface area (Å²) in [7, 11) is 0. The van der Waals surface area contributed by atoms with Gasteiger partial charge in [-0.05, 0) is 30.2 Å². The zero-order valence-electron chi connectivity index (χ0n) is 12.6. The summed E-state index contributed by atoms with van der Waals surface area (Å²) in [5.74, 6) is 0.215. The lowest BCUT2D eigenvalue weighted by molar-refractivity contribution is 0.0257. The molecule has 2 N–H and O–H groups in total. The molecule has 1 unspecified atom stereocenters. The van der Waals surface area contributed by atoms with Crippen LogP contribution in [-0.2, 0) is 4.74 Å². The van der Waals surface area contributed by atoms with E-state index in [1.54, 1.807) is 24.3 Å². The Balaban J connectivity index is 1.85. The molecule has 2 rings (SSSR count). The van der Waals surface area contributed by atoms with Crippen LogP contribution in [0.1, 0.15) is 24.4 Å². The van der Waals surface area contributed by atoms with Gasteiger partial charge in [0.25, 0.3) is 5.91 Å². The number of aliphatic hydroxyl groups is 1. The van der Waals surface area contributed by atoms with Crippen LogP contribution in [0.25, 0.3) is 11.0 Å². The third kappa shape index (κ3) is 4.73. The molecule has 0 saturated carbocycles. The fraction of sp³-hybridized carbons (Fsp3) is 0.438. The quantitative estimate of drug-likeness (QED) is 0.821. The molecular formula is C16H20ClNO4. The topological polar surface area (TPSA) is 71.7 Å². The van der Waals surface area contributed by atoms with E-state index in [2.05, 4.69) is 5.32 Å². The Kier molecular flexibility index (Phi) is 5.83. The molecule has 0 aliphatic rings. The molecule has 0 bridgehead atoms. The number of halogens is 1. The number of carbonyl (C=O) groups is 1. The van der Waals surface area contributed by atoms with E-state index in [0.29, 0.717) is 23.1 Å². The zero-order chi connectivity index (χ0) is 16.1. The van der Waals surface area contributed by atoms with Crippen LogP contribution >= 0.6 is 11.6 Å². The Morgan fingerprint density at radius 1 is 1.36 bits per heavy atom. The number of amides is 1. The van der Waals surface area contributed by atoms with Gasteiger partial charge in [0.1, 0.15) is 5.58 Å². The maximum Gasteiger partial charge on any atom is 0.287 e. The summed E-state index contributed by atoms with van der Waals surface area (Å²) in [5.41, 5.74) is 0.593. The number of nitrogens with one attached hydrogen (secondary N) is 1. The van der Waals surface area contributed by atoms with Gasteiger partial charge in [0.15, 0.2) is 5.76 Å². The second-order valence-corrected chi connectivity index (χ2v) is 6.02. The Labute approximate surface area is 134 Å². The molecule has 120 valence electrons. The molecule has 22 heavy (non-hydrogen) atoms. The SMILES string of the molecule is CC(C)COCC(O)CNC(=O)c1cc2cc(Cl)ccc2o1. The van der Waals surface area contributed by atoms with Gasteiger partial charge in [-0.3, -0.25) is 4.79 Å². The van der Waals surface area contributed by atoms with Crippen LogP contribution in [0.5, 0.6) is 0 Å². The molecule has 0 saturated heterocycles. The van der Waals surface area contributed by atoms with Gasteiger partial charge in [-0.2, -0.15) is 0 Å². The highest BCUT2D eigenvalue weighted by Crippen LogP contribution is 2.22. The second kappa shape index (κ2) is 7.63. The molecule has 0 aliphatic heterocycles. The number of ether oxygens (including phenoxy) is 1. The number of aliphatic hydroxyl groups excluding tert-OH is 1. The molecule has 1 atom stereocenters. The second-order valence-electron chi connectivity index (χ2n) is 5.59. The van der Waals surface area contributed by atoms with Crippen molar-refractivity contribution in [1.82, 2.24) is 5.32 Å². The van der Waals surface area contributed by atoms with Crippen LogP contribution in [-0.4, -0.2) is 36.9 Å². The molecule has 0 fully saturated rings. The number of carbonyl (C=O) groups excluding carboxylic acids is 1. The first-order chi connectivity index (χ1) is 10.5. The van der Waals surface area contributed by atoms with Crippen LogP contribution < -0.4 is 5.32 Å². The van der Waals surface area contributed by atoms with Crippen LogP contribution in [0.2, 0.25) is 5.02 Å². The van der Waals surface area contributed by atoms with E-state index in [4.69, 9.17) is 20.8 Å². The lowest BCUT2D eigenvalue weighted by atomic mass is 10.2. The van der Waals surface area contributed by atoms with Crippen molar-refractivity contribution in [1.29, 1.82) is 0 Å². The number of fused-ring (bicyclic) bond motifs is 1. The van der Waals surface area contributed by atoms with Crippen LogP contribution in [0.3, 0.4) is 0 Å². The van der Waals surface area contributed by atoms with Gasteiger partial charge in [0, 0.05) is 23.6 Å². The van der Waals surface area contributed by atoms with Crippen LogP contribution in [0.15, 0.2) is 28.7 Å². The van der Waals surface area contributed by atoms with Crippen molar-refractivity contribution in [2.75, 3.05) is 19.8 Å². The average molecular weight is 326 g/mol. The van der Waals surface area contributed by atoms with Crippen molar-refractivity contribution in [3.63, 3.8) is 0 Å². The maximum atomic E-state index is 12.0. The number of benzene rings is 1. The Morgan fingerprint density at radius 3 is 2.86 bits per heavy atom. The predicted octanol–water partition coefficient (Wildman–Crippen LogP) is 2.85. The van der Waals surface area contributed by atoms with E-state index in [9.17, 15) is 9.90 Å². The molecule has 0 spiro atoms. The van der Waals surface area contributed by atoms with E-state index in [0.717, 1.165) is 5.39 Å². The first-order valence-electron chi connectivity index (χ1n) is 7.19. The molecule has 1 aromatic carbocycles. The van der Waals surface area contributed by atoms with E-state index in [1.165, 1.54) is 0 Å². The Morgan fingerprint density at radius 2 is 2.14 bits per heavy atom. The average Bonchev–Trinajstić information content (AvgIpc) is 2.87. The van der Waals surface area contributed by atoms with Crippen molar-refractivity contribution < 1.29 is 19.1 Å². The highest BCUT2D eigenvalue weighted by atomic mass is 35.5.